The summed E-state index contributed by atoms with van der Waals surface area (Å²) in [5, 5.41) is 139. The molecule has 4 heterocycles. The van der Waals surface area contributed by atoms with Crippen LogP contribution in [0.25, 0.3) is 0 Å². The number of hydrogen-bond donors (Lipinski definition) is 13. The normalized spacial score (nSPS) is 52.2. The Morgan fingerprint density at radius 1 is 0.587 bits per heavy atom. The highest BCUT2D eigenvalue weighted by Crippen LogP contribution is 2.75. The monoisotopic (exact) mass is 1080 g/mol. The number of carbonyl (C=O) groups excluding carboxylic acids is 1. The van der Waals surface area contributed by atoms with Gasteiger partial charge in [0, 0.05) is 5.41 Å². The van der Waals surface area contributed by atoms with Gasteiger partial charge in [0.1, 0.15) is 97.8 Å². The Bertz CT molecular complexity index is 1940. The van der Waals surface area contributed by atoms with Gasteiger partial charge in [0.25, 0.3) is 0 Å². The quantitative estimate of drug-likeness (QED) is 0.0482. The highest BCUT2D eigenvalue weighted by molar-refractivity contribution is 5.62. The molecule has 0 aromatic rings. The summed E-state index contributed by atoms with van der Waals surface area (Å²) in [7, 11) is 0. The van der Waals surface area contributed by atoms with E-state index in [0.29, 0.717) is 32.1 Å². The molecular formula is C53H88O22. The number of fused-ring (bicyclic) bond motifs is 5. The second kappa shape index (κ2) is 23.2. The van der Waals surface area contributed by atoms with Crippen LogP contribution in [0.5, 0.6) is 0 Å². The van der Waals surface area contributed by atoms with Crippen molar-refractivity contribution >= 4 is 6.29 Å². The maximum atomic E-state index is 14.1. The van der Waals surface area contributed by atoms with E-state index >= 15 is 0 Å². The number of aldehydes is 1. The van der Waals surface area contributed by atoms with Crippen LogP contribution in [0.3, 0.4) is 0 Å². The number of hydrogen-bond acceptors (Lipinski definition) is 22. The molecule has 8 fully saturated rings. The maximum absolute atomic E-state index is 14.1. The standard InChI is InChI=1S/C53H88O22/c1-23(2)9-8-10-27(70-47-43(66)40(63)37(60)30(73-47)21-68-46-42(65)38(61)34(57)24(3)69-46)25-13-16-51(6)26(25)11-12-32-52(51,7)17-14-31-50(4,5)33(15-18-53(31,32)22-56)74-49-45(41(64)36(59)29(20-55)72-49)75-48-44(67)39(62)35(58)28(19-54)71-48/h9,22,24-49,54-55,57-67H,8,10-21H2,1-7H3/t24-,25?,26?,27?,28+,29+,30+,31?,32?,33?,34-,35+,36+,37+,38+,39-,40-,41-,42+,43+,44+,45+,46+,47+,48-,49-,51?,52?,53?/m0/s1. The van der Waals surface area contributed by atoms with Crippen LogP contribution in [-0.4, -0.2) is 228 Å². The average Bonchev–Trinajstić information content (AvgIpc) is 3.74. The van der Waals surface area contributed by atoms with E-state index in [-0.39, 0.29) is 34.5 Å². The molecule has 8 rings (SSSR count). The highest BCUT2D eigenvalue weighted by Gasteiger charge is 2.71. The van der Waals surface area contributed by atoms with Gasteiger partial charge in [-0.1, -0.05) is 39.3 Å². The molecule has 0 spiro atoms. The molecule has 4 aliphatic carbocycles. The first-order valence-corrected chi connectivity index (χ1v) is 27.3. The summed E-state index contributed by atoms with van der Waals surface area (Å²) in [5.74, 6) is -0.0667. The van der Waals surface area contributed by atoms with Crippen molar-refractivity contribution in [2.24, 2.45) is 45.3 Å². The van der Waals surface area contributed by atoms with Crippen molar-refractivity contribution in [3.63, 3.8) is 0 Å². The van der Waals surface area contributed by atoms with Gasteiger partial charge in [-0.25, -0.2) is 0 Å². The number of carbonyl (C=O) groups is 1. The van der Waals surface area contributed by atoms with Gasteiger partial charge in [0.15, 0.2) is 25.2 Å². The lowest BCUT2D eigenvalue weighted by molar-refractivity contribution is -0.378. The number of rotatable bonds is 16. The Kier molecular flexibility index (Phi) is 18.5. The van der Waals surface area contributed by atoms with Crippen LogP contribution in [0.15, 0.2) is 11.6 Å². The van der Waals surface area contributed by atoms with E-state index in [0.717, 1.165) is 37.7 Å². The van der Waals surface area contributed by atoms with Crippen LogP contribution < -0.4 is 0 Å². The summed E-state index contributed by atoms with van der Waals surface area (Å²) >= 11 is 0. The second-order valence-corrected chi connectivity index (χ2v) is 24.6. The van der Waals surface area contributed by atoms with Gasteiger partial charge in [-0.05, 0) is 125 Å². The van der Waals surface area contributed by atoms with Crippen LogP contribution in [0.4, 0.5) is 0 Å². The average molecular weight is 1080 g/mol. The van der Waals surface area contributed by atoms with Crippen molar-refractivity contribution < 1.29 is 109 Å². The van der Waals surface area contributed by atoms with Crippen LogP contribution in [0, 0.1) is 45.3 Å². The molecule has 432 valence electrons. The van der Waals surface area contributed by atoms with E-state index in [1.54, 1.807) is 0 Å². The van der Waals surface area contributed by atoms with E-state index in [9.17, 15) is 71.2 Å². The van der Waals surface area contributed by atoms with Gasteiger partial charge in [0.2, 0.25) is 0 Å². The molecule has 4 saturated carbocycles. The van der Waals surface area contributed by atoms with Crippen molar-refractivity contribution in [1.82, 2.24) is 0 Å². The first kappa shape index (κ1) is 59.7. The highest BCUT2D eigenvalue weighted by atomic mass is 16.8. The van der Waals surface area contributed by atoms with E-state index in [1.165, 1.54) is 13.2 Å². The van der Waals surface area contributed by atoms with Gasteiger partial charge < -0.3 is 109 Å². The third-order valence-corrected chi connectivity index (χ3v) is 20.2. The largest absolute Gasteiger partial charge is 0.394 e. The van der Waals surface area contributed by atoms with E-state index in [2.05, 4.69) is 33.8 Å². The topological polar surface area (TPSA) is 354 Å². The van der Waals surface area contributed by atoms with Crippen LogP contribution in [0.1, 0.15) is 113 Å². The predicted octanol–water partition coefficient (Wildman–Crippen LogP) is -1.36. The molecule has 0 aromatic carbocycles. The fourth-order valence-electron chi connectivity index (χ4n) is 15.6. The van der Waals surface area contributed by atoms with Gasteiger partial charge in [-0.3, -0.25) is 0 Å². The van der Waals surface area contributed by atoms with Gasteiger partial charge in [0.05, 0.1) is 38.1 Å². The lowest BCUT2D eigenvalue weighted by Crippen LogP contribution is -2.67. The Balaban J connectivity index is 0.993. The molecule has 29 atom stereocenters. The van der Waals surface area contributed by atoms with Gasteiger partial charge in [-0.2, -0.15) is 0 Å². The molecule has 22 nitrogen and oxygen atoms in total. The lowest BCUT2D eigenvalue weighted by Gasteiger charge is -2.69. The van der Waals surface area contributed by atoms with Crippen molar-refractivity contribution in [3.8, 4) is 0 Å². The smallest absolute Gasteiger partial charge is 0.187 e. The summed E-state index contributed by atoms with van der Waals surface area (Å²) in [6.07, 6.45) is -21.3. The van der Waals surface area contributed by atoms with Crippen molar-refractivity contribution in [2.75, 3.05) is 19.8 Å². The van der Waals surface area contributed by atoms with E-state index in [1.807, 2.05) is 13.8 Å². The molecule has 75 heavy (non-hydrogen) atoms. The molecule has 0 bridgehead atoms. The minimum Gasteiger partial charge on any atom is -0.394 e. The molecule has 13 N–H and O–H groups in total. The summed E-state index contributed by atoms with van der Waals surface area (Å²) in [5.41, 5.74) is -0.891. The number of aliphatic hydroxyl groups excluding tert-OH is 13. The Hall–Kier alpha value is -1.43. The number of ether oxygens (including phenoxy) is 8. The van der Waals surface area contributed by atoms with Gasteiger partial charge >= 0.3 is 0 Å². The van der Waals surface area contributed by atoms with E-state index in [4.69, 9.17) is 37.9 Å². The lowest BCUT2D eigenvalue weighted by atomic mass is 9.35. The van der Waals surface area contributed by atoms with Crippen molar-refractivity contribution in [3.05, 3.63) is 11.6 Å². The summed E-state index contributed by atoms with van der Waals surface area (Å²) < 4.78 is 48.7. The first-order valence-electron chi connectivity index (χ1n) is 27.3. The molecule has 0 aromatic heterocycles. The molecule has 9 unspecified atom stereocenters. The molecular weight excluding hydrogens is 989 g/mol. The molecule has 0 amide bonds. The SMILES string of the molecule is CC(C)=CCCC(O[C@@H]1O[C@H](CO[C@@H]2O[C@@H](C)[C@H](O)[C@@H](O)[C@H]2O)[C@@H](O)[C@H](O)[C@H]1O)C1CCC2(C)C1CCC1C3(C=O)CCC(O[C@@H]4O[C@H](CO)[C@@H](O)[C@H](O)[C@H]4O[C@@H]4O[C@H](CO)[C@@H](O)[C@H](O)[C@H]4O)C(C)(C)C3CCC12C. The van der Waals surface area contributed by atoms with Crippen LogP contribution >= 0.6 is 0 Å². The second-order valence-electron chi connectivity index (χ2n) is 24.6. The zero-order valence-corrected chi connectivity index (χ0v) is 44.3. The minimum atomic E-state index is -1.83. The Morgan fingerprint density at radius 2 is 1.16 bits per heavy atom. The molecule has 4 aliphatic heterocycles. The first-order chi connectivity index (χ1) is 35.3. The zero-order valence-electron chi connectivity index (χ0n) is 44.3. The van der Waals surface area contributed by atoms with E-state index < -0.39 is 166 Å². The fourth-order valence-corrected chi connectivity index (χ4v) is 15.6. The summed E-state index contributed by atoms with van der Waals surface area (Å²) in [4.78, 5) is 14.1. The van der Waals surface area contributed by atoms with Gasteiger partial charge in [-0.15, -0.1) is 0 Å². The van der Waals surface area contributed by atoms with Crippen LogP contribution in [0.2, 0.25) is 0 Å². The van der Waals surface area contributed by atoms with Crippen molar-refractivity contribution in [1.29, 1.82) is 0 Å². The predicted molar refractivity (Wildman–Crippen MR) is 259 cm³/mol. The van der Waals surface area contributed by atoms with Crippen LogP contribution in [-0.2, 0) is 42.7 Å². The maximum Gasteiger partial charge on any atom is 0.187 e. The zero-order chi connectivity index (χ0) is 54.9. The summed E-state index contributed by atoms with van der Waals surface area (Å²) in [6, 6.07) is 0. The summed E-state index contributed by atoms with van der Waals surface area (Å²) in [6.45, 7) is 12.5. The number of aliphatic hydroxyl groups is 13. The molecule has 0 radical (unpaired) electrons. The molecule has 4 saturated heterocycles. The fraction of sp³-hybridized carbons (Fsp3) is 0.943. The Morgan fingerprint density at radius 3 is 1.80 bits per heavy atom. The molecule has 22 heteroatoms. The van der Waals surface area contributed by atoms with Crippen molar-refractivity contribution in [2.45, 2.75) is 248 Å². The minimum absolute atomic E-state index is 0.0104. The molecule has 8 aliphatic rings. The third-order valence-electron chi connectivity index (χ3n) is 20.2. The number of allylic oxidation sites excluding steroid dienone is 2. The third kappa shape index (κ3) is 10.6. The Labute approximate surface area is 438 Å².